The van der Waals surface area contributed by atoms with Gasteiger partial charge >= 0.3 is 0 Å². The van der Waals surface area contributed by atoms with Gasteiger partial charge in [-0.1, -0.05) is 43.5 Å². The summed E-state index contributed by atoms with van der Waals surface area (Å²) in [4.78, 5) is 21.5. The number of hydrogen-bond donors (Lipinski definition) is 3. The number of nitrogens with one attached hydrogen (secondary N) is 3. The Bertz CT molecular complexity index is 1030. The highest BCUT2D eigenvalue weighted by molar-refractivity contribution is 5.88. The molecule has 2 heterocycles. The van der Waals surface area contributed by atoms with Crippen LogP contribution < -0.4 is 10.6 Å². The third-order valence-corrected chi connectivity index (χ3v) is 7.12. The van der Waals surface area contributed by atoms with E-state index in [0.29, 0.717) is 13.0 Å². The molecule has 0 saturated heterocycles. The van der Waals surface area contributed by atoms with Crippen molar-refractivity contribution in [3.05, 3.63) is 65.6 Å². The zero-order valence-electron chi connectivity index (χ0n) is 18.9. The van der Waals surface area contributed by atoms with Gasteiger partial charge in [0.1, 0.15) is 0 Å². The van der Waals surface area contributed by atoms with Crippen molar-refractivity contribution < 1.29 is 4.79 Å². The van der Waals surface area contributed by atoms with Crippen LogP contribution in [0.1, 0.15) is 55.8 Å². The highest BCUT2D eigenvalue weighted by Crippen LogP contribution is 2.38. The number of carbonyl (C=O) groups excluding carboxylic acids is 1. The Labute approximate surface area is 185 Å². The van der Waals surface area contributed by atoms with Gasteiger partial charge in [-0.3, -0.25) is 9.78 Å². The van der Waals surface area contributed by atoms with Crippen molar-refractivity contribution in [2.75, 3.05) is 13.6 Å². The van der Waals surface area contributed by atoms with Gasteiger partial charge in [0.05, 0.1) is 5.54 Å². The summed E-state index contributed by atoms with van der Waals surface area (Å²) in [6, 6.07) is 12.5. The molecule has 3 aromatic rings. The van der Waals surface area contributed by atoms with Crippen molar-refractivity contribution in [1.29, 1.82) is 0 Å². The number of H-pyrrole nitrogens is 1. The van der Waals surface area contributed by atoms with Crippen LogP contribution in [0.25, 0.3) is 10.9 Å². The number of hydrogen-bond acceptors (Lipinski definition) is 3. The van der Waals surface area contributed by atoms with Crippen LogP contribution in [0.2, 0.25) is 0 Å². The molecule has 1 aliphatic carbocycles. The second kappa shape index (κ2) is 8.83. The van der Waals surface area contributed by atoms with E-state index in [1.807, 2.05) is 38.5 Å². The van der Waals surface area contributed by atoms with Crippen LogP contribution in [0.15, 0.2) is 48.8 Å². The Morgan fingerprint density at radius 2 is 1.94 bits per heavy atom. The van der Waals surface area contributed by atoms with E-state index >= 15 is 0 Å². The lowest BCUT2D eigenvalue weighted by molar-refractivity contribution is -0.127. The molecule has 0 bridgehead atoms. The smallest absolute Gasteiger partial charge is 0.240 e. The molecule has 1 amide bonds. The third-order valence-electron chi connectivity index (χ3n) is 7.12. The second-order valence-electron chi connectivity index (χ2n) is 9.36. The quantitative estimate of drug-likeness (QED) is 0.532. The molecule has 1 aliphatic rings. The lowest BCUT2D eigenvalue weighted by atomic mass is 9.71. The van der Waals surface area contributed by atoms with E-state index in [2.05, 4.69) is 46.8 Å². The number of rotatable bonds is 7. The van der Waals surface area contributed by atoms with Gasteiger partial charge in [0.2, 0.25) is 5.91 Å². The van der Waals surface area contributed by atoms with Crippen molar-refractivity contribution in [3.8, 4) is 0 Å². The highest BCUT2D eigenvalue weighted by atomic mass is 16.2. The van der Waals surface area contributed by atoms with Gasteiger partial charge in [0.15, 0.2) is 0 Å². The van der Waals surface area contributed by atoms with Crippen LogP contribution in [-0.2, 0) is 16.6 Å². The molecule has 1 atom stereocenters. The summed E-state index contributed by atoms with van der Waals surface area (Å²) in [5.41, 5.74) is 3.76. The summed E-state index contributed by atoms with van der Waals surface area (Å²) in [7, 11) is 1.87. The SMILES string of the molecule is CN[C@@](C)(Cc1c[nH]c2ccccc12)C(=O)NCC1(c2ccc(C)cn2)CCCCC1. The van der Waals surface area contributed by atoms with Crippen LogP contribution in [0, 0.1) is 6.92 Å². The molecule has 1 fully saturated rings. The summed E-state index contributed by atoms with van der Waals surface area (Å²) in [6.07, 6.45) is 10.4. The first-order valence-corrected chi connectivity index (χ1v) is 11.4. The van der Waals surface area contributed by atoms with E-state index < -0.39 is 5.54 Å². The van der Waals surface area contributed by atoms with Gasteiger partial charge in [-0.25, -0.2) is 0 Å². The van der Waals surface area contributed by atoms with Gasteiger partial charge in [0, 0.05) is 47.4 Å². The average Bonchev–Trinajstić information content (AvgIpc) is 3.21. The molecular formula is C26H34N4O. The monoisotopic (exact) mass is 418 g/mol. The maximum absolute atomic E-state index is 13.4. The number of para-hydroxylation sites is 1. The number of likely N-dealkylation sites (N-methyl/N-ethyl adjacent to an activating group) is 1. The summed E-state index contributed by atoms with van der Waals surface area (Å²) >= 11 is 0. The maximum Gasteiger partial charge on any atom is 0.240 e. The lowest BCUT2D eigenvalue weighted by Crippen LogP contribution is -2.57. The first kappa shape index (κ1) is 21.6. The van der Waals surface area contributed by atoms with E-state index in [1.165, 1.54) is 30.2 Å². The van der Waals surface area contributed by atoms with Crippen molar-refractivity contribution in [3.63, 3.8) is 0 Å². The topological polar surface area (TPSA) is 69.8 Å². The molecule has 5 nitrogen and oxygen atoms in total. The molecular weight excluding hydrogens is 384 g/mol. The maximum atomic E-state index is 13.4. The predicted molar refractivity (Wildman–Crippen MR) is 126 cm³/mol. The van der Waals surface area contributed by atoms with E-state index in [-0.39, 0.29) is 11.3 Å². The summed E-state index contributed by atoms with van der Waals surface area (Å²) < 4.78 is 0. The largest absolute Gasteiger partial charge is 0.361 e. The van der Waals surface area contributed by atoms with Gasteiger partial charge in [0.25, 0.3) is 0 Å². The molecule has 0 spiro atoms. The second-order valence-corrected chi connectivity index (χ2v) is 9.36. The number of benzene rings is 1. The number of aromatic amines is 1. The first-order chi connectivity index (χ1) is 15.0. The number of pyridine rings is 1. The molecule has 1 saturated carbocycles. The number of amides is 1. The zero-order chi connectivity index (χ0) is 21.9. The van der Waals surface area contributed by atoms with Crippen molar-refractivity contribution >= 4 is 16.8 Å². The molecule has 3 N–H and O–H groups in total. The molecule has 164 valence electrons. The fourth-order valence-corrected chi connectivity index (χ4v) is 4.92. The molecule has 2 aromatic heterocycles. The fourth-order valence-electron chi connectivity index (χ4n) is 4.92. The Hall–Kier alpha value is -2.66. The van der Waals surface area contributed by atoms with Crippen LogP contribution >= 0.6 is 0 Å². The van der Waals surface area contributed by atoms with Gasteiger partial charge < -0.3 is 15.6 Å². The minimum atomic E-state index is -0.693. The number of fused-ring (bicyclic) bond motifs is 1. The highest BCUT2D eigenvalue weighted by Gasteiger charge is 2.38. The Morgan fingerprint density at radius 3 is 2.65 bits per heavy atom. The number of carbonyl (C=O) groups is 1. The molecule has 0 unspecified atom stereocenters. The van der Waals surface area contributed by atoms with E-state index in [9.17, 15) is 4.79 Å². The Balaban J connectivity index is 1.52. The summed E-state index contributed by atoms with van der Waals surface area (Å²) in [5, 5.41) is 7.76. The number of aromatic nitrogens is 2. The van der Waals surface area contributed by atoms with Crippen LogP contribution in [0.4, 0.5) is 0 Å². The van der Waals surface area contributed by atoms with Crippen LogP contribution in [0.3, 0.4) is 0 Å². The number of nitrogens with zero attached hydrogens (tertiary/aromatic N) is 1. The number of aryl methyl sites for hydroxylation is 1. The molecule has 0 radical (unpaired) electrons. The van der Waals surface area contributed by atoms with Gasteiger partial charge in [-0.15, -0.1) is 0 Å². The molecule has 4 rings (SSSR count). The fraction of sp³-hybridized carbons (Fsp3) is 0.462. The zero-order valence-corrected chi connectivity index (χ0v) is 18.9. The third kappa shape index (κ3) is 4.38. The van der Waals surface area contributed by atoms with E-state index in [0.717, 1.165) is 29.6 Å². The van der Waals surface area contributed by atoms with E-state index in [1.54, 1.807) is 0 Å². The molecule has 31 heavy (non-hydrogen) atoms. The lowest BCUT2D eigenvalue weighted by Gasteiger charge is -2.38. The van der Waals surface area contributed by atoms with Crippen LogP contribution in [-0.4, -0.2) is 35.0 Å². The minimum absolute atomic E-state index is 0.0392. The predicted octanol–water partition coefficient (Wildman–Crippen LogP) is 4.41. The summed E-state index contributed by atoms with van der Waals surface area (Å²) in [5.74, 6) is 0.0392. The van der Waals surface area contributed by atoms with Gasteiger partial charge in [-0.05, 0) is 57.0 Å². The first-order valence-electron chi connectivity index (χ1n) is 11.4. The van der Waals surface area contributed by atoms with E-state index in [4.69, 9.17) is 4.98 Å². The molecule has 0 aliphatic heterocycles. The van der Waals surface area contributed by atoms with Crippen molar-refractivity contribution in [2.45, 2.75) is 63.3 Å². The van der Waals surface area contributed by atoms with Crippen LogP contribution in [0.5, 0.6) is 0 Å². The standard InChI is InChI=1S/C26H34N4O/c1-19-11-12-23(29-16-19)26(13-7-4-8-14-26)18-30-24(31)25(2,27-3)15-20-17-28-22-10-6-5-9-21(20)22/h5-6,9-12,16-17,27-28H,4,7-8,13-15,18H2,1-3H3,(H,30,31)/t25-/m0/s1. The van der Waals surface area contributed by atoms with Crippen molar-refractivity contribution in [1.82, 2.24) is 20.6 Å². The minimum Gasteiger partial charge on any atom is -0.361 e. The normalized spacial score (nSPS) is 17.9. The average molecular weight is 419 g/mol. The Kier molecular flexibility index (Phi) is 6.15. The van der Waals surface area contributed by atoms with Gasteiger partial charge in [-0.2, -0.15) is 0 Å². The molecule has 5 heteroatoms. The van der Waals surface area contributed by atoms with Crippen molar-refractivity contribution in [2.24, 2.45) is 0 Å². The summed E-state index contributed by atoms with van der Waals surface area (Å²) in [6.45, 7) is 4.68. The Morgan fingerprint density at radius 1 is 1.16 bits per heavy atom. The molecule has 1 aromatic carbocycles.